The fraction of sp³-hybridized carbons (Fsp3) is 0.647. The molecule has 0 fully saturated rings. The number of nitrogens with one attached hydrogen (secondary N) is 1. The van der Waals surface area contributed by atoms with Gasteiger partial charge in [0.1, 0.15) is 5.82 Å². The third-order valence-electron chi connectivity index (χ3n) is 3.50. The molecule has 0 aliphatic heterocycles. The van der Waals surface area contributed by atoms with Gasteiger partial charge in [0, 0.05) is 0 Å². The van der Waals surface area contributed by atoms with Crippen LogP contribution in [0.4, 0.5) is 4.39 Å². The van der Waals surface area contributed by atoms with E-state index in [0.717, 1.165) is 31.5 Å². The average Bonchev–Trinajstić information content (AvgIpc) is 2.28. The SMILES string of the molecule is Cc1cc(F)ccc1CC(C)(C)CCNCC(C)C. The van der Waals surface area contributed by atoms with E-state index >= 15 is 0 Å². The summed E-state index contributed by atoms with van der Waals surface area (Å²) in [4.78, 5) is 0. The first-order valence-electron chi connectivity index (χ1n) is 7.26. The van der Waals surface area contributed by atoms with Gasteiger partial charge in [0.05, 0.1) is 0 Å². The summed E-state index contributed by atoms with van der Waals surface area (Å²) in [6, 6.07) is 5.12. The summed E-state index contributed by atoms with van der Waals surface area (Å²) in [6.07, 6.45) is 2.14. The van der Waals surface area contributed by atoms with Crippen molar-refractivity contribution in [3.63, 3.8) is 0 Å². The zero-order valence-electron chi connectivity index (χ0n) is 13.0. The van der Waals surface area contributed by atoms with E-state index in [9.17, 15) is 4.39 Å². The highest BCUT2D eigenvalue weighted by Gasteiger charge is 2.19. The van der Waals surface area contributed by atoms with Crippen LogP contribution in [0, 0.1) is 24.1 Å². The minimum atomic E-state index is -0.141. The van der Waals surface area contributed by atoms with Crippen LogP contribution in [-0.4, -0.2) is 13.1 Å². The second-order valence-corrected chi connectivity index (χ2v) is 6.76. The first-order valence-corrected chi connectivity index (χ1v) is 7.26. The number of hydrogen-bond acceptors (Lipinski definition) is 1. The molecule has 1 aromatic rings. The molecule has 0 spiro atoms. The van der Waals surface area contributed by atoms with Gasteiger partial charge in [0.25, 0.3) is 0 Å². The van der Waals surface area contributed by atoms with Crippen molar-refractivity contribution in [2.24, 2.45) is 11.3 Å². The van der Waals surface area contributed by atoms with Crippen molar-refractivity contribution in [3.05, 3.63) is 35.1 Å². The zero-order chi connectivity index (χ0) is 14.5. The molecule has 1 nitrogen and oxygen atoms in total. The lowest BCUT2D eigenvalue weighted by Crippen LogP contribution is -2.26. The van der Waals surface area contributed by atoms with Crippen LogP contribution >= 0.6 is 0 Å². The molecule has 1 N–H and O–H groups in total. The van der Waals surface area contributed by atoms with E-state index in [1.54, 1.807) is 12.1 Å². The molecular weight excluding hydrogens is 237 g/mol. The Hall–Kier alpha value is -0.890. The second kappa shape index (κ2) is 7.04. The topological polar surface area (TPSA) is 12.0 Å². The maximum Gasteiger partial charge on any atom is 0.123 e. The van der Waals surface area contributed by atoms with E-state index in [4.69, 9.17) is 0 Å². The molecule has 0 aromatic heterocycles. The first kappa shape index (κ1) is 16.2. The van der Waals surface area contributed by atoms with Crippen LogP contribution in [0.3, 0.4) is 0 Å². The Kier molecular flexibility index (Phi) is 5.99. The molecule has 0 heterocycles. The molecule has 1 aromatic carbocycles. The Labute approximate surface area is 117 Å². The molecule has 1 rings (SSSR count). The van der Waals surface area contributed by atoms with E-state index in [2.05, 4.69) is 33.0 Å². The minimum absolute atomic E-state index is 0.141. The van der Waals surface area contributed by atoms with Crippen LogP contribution in [0.25, 0.3) is 0 Å². The number of hydrogen-bond donors (Lipinski definition) is 1. The van der Waals surface area contributed by atoms with E-state index < -0.39 is 0 Å². The van der Waals surface area contributed by atoms with Gasteiger partial charge < -0.3 is 5.32 Å². The summed E-state index contributed by atoms with van der Waals surface area (Å²) >= 11 is 0. The molecule has 0 aliphatic carbocycles. The van der Waals surface area contributed by atoms with E-state index in [1.165, 1.54) is 5.56 Å². The summed E-state index contributed by atoms with van der Waals surface area (Å²) in [5, 5.41) is 3.49. The fourth-order valence-corrected chi connectivity index (χ4v) is 2.28. The molecule has 0 atom stereocenters. The molecular formula is C17H28FN. The quantitative estimate of drug-likeness (QED) is 0.723. The number of rotatable bonds is 7. The van der Waals surface area contributed by atoms with Crippen molar-refractivity contribution in [1.82, 2.24) is 5.32 Å². The Morgan fingerprint density at radius 1 is 1.26 bits per heavy atom. The van der Waals surface area contributed by atoms with Crippen LogP contribution in [0.5, 0.6) is 0 Å². The van der Waals surface area contributed by atoms with Gasteiger partial charge in [-0.1, -0.05) is 33.8 Å². The average molecular weight is 265 g/mol. The predicted molar refractivity (Wildman–Crippen MR) is 80.9 cm³/mol. The number of aryl methyl sites for hydroxylation is 1. The van der Waals surface area contributed by atoms with Crippen LogP contribution in [0.1, 0.15) is 45.2 Å². The molecule has 0 unspecified atom stereocenters. The van der Waals surface area contributed by atoms with Crippen molar-refractivity contribution >= 4 is 0 Å². The Balaban J connectivity index is 2.49. The maximum absolute atomic E-state index is 13.1. The lowest BCUT2D eigenvalue weighted by molar-refractivity contribution is 0.321. The first-order chi connectivity index (χ1) is 8.80. The molecule has 19 heavy (non-hydrogen) atoms. The van der Waals surface area contributed by atoms with Crippen LogP contribution in [0.15, 0.2) is 18.2 Å². The largest absolute Gasteiger partial charge is 0.316 e. The molecule has 0 radical (unpaired) electrons. The molecule has 2 heteroatoms. The summed E-state index contributed by atoms with van der Waals surface area (Å²) in [6.45, 7) is 13.1. The highest BCUT2D eigenvalue weighted by atomic mass is 19.1. The van der Waals surface area contributed by atoms with Gasteiger partial charge in [0.2, 0.25) is 0 Å². The summed E-state index contributed by atoms with van der Waals surface area (Å²) < 4.78 is 13.1. The Morgan fingerprint density at radius 2 is 1.95 bits per heavy atom. The smallest absolute Gasteiger partial charge is 0.123 e. The van der Waals surface area contributed by atoms with Crippen LogP contribution < -0.4 is 5.32 Å². The van der Waals surface area contributed by atoms with Gasteiger partial charge in [-0.25, -0.2) is 4.39 Å². The molecule has 0 saturated heterocycles. The Bertz CT molecular complexity index is 396. The predicted octanol–water partition coefficient (Wildman–Crippen LogP) is 4.34. The highest BCUT2D eigenvalue weighted by molar-refractivity contribution is 5.27. The second-order valence-electron chi connectivity index (χ2n) is 6.76. The maximum atomic E-state index is 13.1. The molecule has 0 amide bonds. The van der Waals surface area contributed by atoms with Crippen molar-refractivity contribution in [3.8, 4) is 0 Å². The van der Waals surface area contributed by atoms with Crippen molar-refractivity contribution in [2.45, 2.75) is 47.5 Å². The zero-order valence-corrected chi connectivity index (χ0v) is 13.0. The molecule has 0 saturated carbocycles. The van der Waals surface area contributed by atoms with Crippen molar-refractivity contribution < 1.29 is 4.39 Å². The Morgan fingerprint density at radius 3 is 2.53 bits per heavy atom. The van der Waals surface area contributed by atoms with Crippen molar-refractivity contribution in [2.75, 3.05) is 13.1 Å². The number of halogens is 1. The van der Waals surface area contributed by atoms with E-state index in [-0.39, 0.29) is 11.2 Å². The van der Waals surface area contributed by atoms with Gasteiger partial charge in [-0.2, -0.15) is 0 Å². The van der Waals surface area contributed by atoms with E-state index in [1.807, 2.05) is 13.0 Å². The third-order valence-corrected chi connectivity index (χ3v) is 3.50. The lowest BCUT2D eigenvalue weighted by atomic mass is 9.81. The summed E-state index contributed by atoms with van der Waals surface area (Å²) in [5.74, 6) is 0.556. The standard InChI is InChI=1S/C17H28FN/c1-13(2)12-19-9-8-17(4,5)11-15-6-7-16(18)10-14(15)3/h6-7,10,13,19H,8-9,11-12H2,1-5H3. The summed E-state index contributed by atoms with van der Waals surface area (Å²) in [7, 11) is 0. The normalized spacial score (nSPS) is 12.2. The molecule has 0 bridgehead atoms. The summed E-state index contributed by atoms with van der Waals surface area (Å²) in [5.41, 5.74) is 2.56. The highest BCUT2D eigenvalue weighted by Crippen LogP contribution is 2.27. The van der Waals surface area contributed by atoms with Gasteiger partial charge in [-0.15, -0.1) is 0 Å². The monoisotopic (exact) mass is 265 g/mol. The fourth-order valence-electron chi connectivity index (χ4n) is 2.28. The van der Waals surface area contributed by atoms with Crippen molar-refractivity contribution in [1.29, 1.82) is 0 Å². The number of benzene rings is 1. The third kappa shape index (κ3) is 6.20. The molecule has 108 valence electrons. The van der Waals surface area contributed by atoms with Gasteiger partial charge in [-0.3, -0.25) is 0 Å². The van der Waals surface area contributed by atoms with Crippen LogP contribution in [-0.2, 0) is 6.42 Å². The molecule has 0 aliphatic rings. The van der Waals surface area contributed by atoms with Gasteiger partial charge in [-0.05, 0) is 67.4 Å². The van der Waals surface area contributed by atoms with Gasteiger partial charge >= 0.3 is 0 Å². The van der Waals surface area contributed by atoms with E-state index in [0.29, 0.717) is 5.92 Å². The lowest BCUT2D eigenvalue weighted by Gasteiger charge is -2.26. The van der Waals surface area contributed by atoms with Gasteiger partial charge in [0.15, 0.2) is 0 Å². The van der Waals surface area contributed by atoms with Crippen LogP contribution in [0.2, 0.25) is 0 Å². The minimum Gasteiger partial charge on any atom is -0.316 e.